The summed E-state index contributed by atoms with van der Waals surface area (Å²) in [6, 6.07) is 9.38. The van der Waals surface area contributed by atoms with Gasteiger partial charge >= 0.3 is 5.97 Å². The second-order valence-corrected chi connectivity index (χ2v) is 6.16. The molecular formula is C19H25N5O2. The first-order valence-corrected chi connectivity index (χ1v) is 8.94. The number of carbonyl (C=O) groups excluding carboxylic acids is 1. The smallest absolute Gasteiger partial charge is 0.337 e. The zero-order chi connectivity index (χ0) is 18.4. The minimum Gasteiger partial charge on any atom is -0.465 e. The SMILES string of the molecule is CCc1nc(NCc2ccc(C(=O)OC)cc2)cc(N2CCNCC2)n1. The van der Waals surface area contributed by atoms with Crippen molar-refractivity contribution in [2.24, 2.45) is 0 Å². The van der Waals surface area contributed by atoms with Crippen molar-refractivity contribution in [2.45, 2.75) is 19.9 Å². The van der Waals surface area contributed by atoms with E-state index in [-0.39, 0.29) is 5.97 Å². The highest BCUT2D eigenvalue weighted by molar-refractivity contribution is 5.89. The first-order chi connectivity index (χ1) is 12.7. The standard InChI is InChI=1S/C19H25N5O2/c1-3-16-22-17(12-18(23-16)24-10-8-20-9-11-24)21-13-14-4-6-15(7-5-14)19(25)26-2/h4-7,12,20H,3,8-11,13H2,1-2H3,(H,21,22,23). The largest absolute Gasteiger partial charge is 0.465 e. The van der Waals surface area contributed by atoms with E-state index >= 15 is 0 Å². The molecule has 0 saturated carbocycles. The molecule has 1 aromatic heterocycles. The number of aromatic nitrogens is 2. The minimum atomic E-state index is -0.325. The predicted molar refractivity (Wildman–Crippen MR) is 102 cm³/mol. The van der Waals surface area contributed by atoms with Crippen molar-refractivity contribution < 1.29 is 9.53 Å². The molecule has 0 spiro atoms. The number of rotatable bonds is 6. The van der Waals surface area contributed by atoms with Gasteiger partial charge < -0.3 is 20.3 Å². The Bertz CT molecular complexity index is 742. The van der Waals surface area contributed by atoms with Gasteiger partial charge in [-0.1, -0.05) is 19.1 Å². The van der Waals surface area contributed by atoms with Gasteiger partial charge in [-0.15, -0.1) is 0 Å². The van der Waals surface area contributed by atoms with E-state index in [9.17, 15) is 4.79 Å². The monoisotopic (exact) mass is 355 g/mol. The van der Waals surface area contributed by atoms with E-state index in [4.69, 9.17) is 4.74 Å². The Kier molecular flexibility index (Phi) is 6.01. The number of ether oxygens (including phenoxy) is 1. The number of hydrogen-bond donors (Lipinski definition) is 2. The molecule has 0 bridgehead atoms. The van der Waals surface area contributed by atoms with Crippen LogP contribution in [0, 0.1) is 0 Å². The van der Waals surface area contributed by atoms with Crippen LogP contribution in [0.5, 0.6) is 0 Å². The summed E-state index contributed by atoms with van der Waals surface area (Å²) in [6.07, 6.45) is 0.794. The van der Waals surface area contributed by atoms with E-state index in [2.05, 4.69) is 32.4 Å². The maximum Gasteiger partial charge on any atom is 0.337 e. The molecule has 1 saturated heterocycles. The van der Waals surface area contributed by atoms with Crippen LogP contribution in [-0.2, 0) is 17.7 Å². The van der Waals surface area contributed by atoms with Crippen molar-refractivity contribution in [3.8, 4) is 0 Å². The van der Waals surface area contributed by atoms with E-state index in [1.165, 1.54) is 7.11 Å². The fourth-order valence-electron chi connectivity index (χ4n) is 2.86. The third kappa shape index (κ3) is 4.49. The number of hydrogen-bond acceptors (Lipinski definition) is 7. The third-order valence-corrected chi connectivity index (χ3v) is 4.36. The van der Waals surface area contributed by atoms with Gasteiger partial charge in [0, 0.05) is 45.2 Å². The molecule has 0 unspecified atom stereocenters. The van der Waals surface area contributed by atoms with E-state index < -0.39 is 0 Å². The lowest BCUT2D eigenvalue weighted by molar-refractivity contribution is 0.0600. The van der Waals surface area contributed by atoms with Crippen molar-refractivity contribution in [2.75, 3.05) is 43.5 Å². The van der Waals surface area contributed by atoms with Crippen LogP contribution in [0.4, 0.5) is 11.6 Å². The summed E-state index contributed by atoms with van der Waals surface area (Å²) in [7, 11) is 1.38. The summed E-state index contributed by atoms with van der Waals surface area (Å²) in [5.41, 5.74) is 1.62. The van der Waals surface area contributed by atoms with Crippen LogP contribution < -0.4 is 15.5 Å². The molecule has 1 aromatic carbocycles. The molecule has 7 nitrogen and oxygen atoms in total. The van der Waals surface area contributed by atoms with Crippen LogP contribution in [-0.4, -0.2) is 49.2 Å². The van der Waals surface area contributed by atoms with Crippen molar-refractivity contribution >= 4 is 17.6 Å². The second kappa shape index (κ2) is 8.62. The maximum atomic E-state index is 11.5. The minimum absolute atomic E-state index is 0.325. The van der Waals surface area contributed by atoms with Crippen molar-refractivity contribution in [3.05, 3.63) is 47.3 Å². The summed E-state index contributed by atoms with van der Waals surface area (Å²) >= 11 is 0. The Hall–Kier alpha value is -2.67. The first kappa shape index (κ1) is 18.1. The lowest BCUT2D eigenvalue weighted by atomic mass is 10.1. The molecule has 138 valence electrons. The van der Waals surface area contributed by atoms with Crippen LogP contribution in [0.15, 0.2) is 30.3 Å². The normalized spacial score (nSPS) is 14.2. The highest BCUT2D eigenvalue weighted by atomic mass is 16.5. The number of anilines is 2. The van der Waals surface area contributed by atoms with Crippen LogP contribution >= 0.6 is 0 Å². The maximum absolute atomic E-state index is 11.5. The van der Waals surface area contributed by atoms with Gasteiger partial charge in [0.05, 0.1) is 12.7 Å². The summed E-state index contributed by atoms with van der Waals surface area (Å²) in [4.78, 5) is 23.0. The third-order valence-electron chi connectivity index (χ3n) is 4.36. The molecule has 1 aliphatic heterocycles. The topological polar surface area (TPSA) is 79.4 Å². The average molecular weight is 355 g/mol. The Labute approximate surface area is 153 Å². The van der Waals surface area contributed by atoms with Crippen LogP contribution in [0.3, 0.4) is 0 Å². The lowest BCUT2D eigenvalue weighted by Gasteiger charge is -2.28. The fraction of sp³-hybridized carbons (Fsp3) is 0.421. The summed E-state index contributed by atoms with van der Waals surface area (Å²) in [6.45, 7) is 6.54. The molecule has 0 radical (unpaired) electrons. The van der Waals surface area contributed by atoms with Gasteiger partial charge in [0.2, 0.25) is 0 Å². The van der Waals surface area contributed by atoms with Gasteiger partial charge in [0.15, 0.2) is 0 Å². The van der Waals surface area contributed by atoms with Gasteiger partial charge in [0.25, 0.3) is 0 Å². The molecule has 2 heterocycles. The van der Waals surface area contributed by atoms with Gasteiger partial charge in [-0.3, -0.25) is 0 Å². The molecule has 7 heteroatoms. The average Bonchev–Trinajstić information content (AvgIpc) is 2.72. The summed E-state index contributed by atoms with van der Waals surface area (Å²) in [5, 5.41) is 6.73. The van der Waals surface area contributed by atoms with E-state index in [1.54, 1.807) is 12.1 Å². The molecule has 0 amide bonds. The molecule has 3 rings (SSSR count). The number of esters is 1. The van der Waals surface area contributed by atoms with Gasteiger partial charge in [-0.25, -0.2) is 14.8 Å². The number of nitrogens with zero attached hydrogens (tertiary/aromatic N) is 3. The Morgan fingerprint density at radius 3 is 2.62 bits per heavy atom. The number of aryl methyl sites for hydroxylation is 1. The lowest BCUT2D eigenvalue weighted by Crippen LogP contribution is -2.44. The zero-order valence-corrected chi connectivity index (χ0v) is 15.3. The molecule has 1 fully saturated rings. The number of piperazine rings is 1. The Morgan fingerprint density at radius 2 is 1.96 bits per heavy atom. The second-order valence-electron chi connectivity index (χ2n) is 6.16. The highest BCUT2D eigenvalue weighted by Crippen LogP contribution is 2.18. The predicted octanol–water partition coefficient (Wildman–Crippen LogP) is 1.85. The number of carbonyl (C=O) groups is 1. The Morgan fingerprint density at radius 1 is 1.23 bits per heavy atom. The first-order valence-electron chi connectivity index (χ1n) is 8.94. The van der Waals surface area contributed by atoms with Crippen LogP contribution in [0.1, 0.15) is 28.7 Å². The van der Waals surface area contributed by atoms with Crippen molar-refractivity contribution in [1.82, 2.24) is 15.3 Å². The van der Waals surface area contributed by atoms with Crippen LogP contribution in [0.2, 0.25) is 0 Å². The molecule has 26 heavy (non-hydrogen) atoms. The van der Waals surface area contributed by atoms with E-state index in [1.807, 2.05) is 18.2 Å². The van der Waals surface area contributed by atoms with Gasteiger partial charge in [-0.05, 0) is 17.7 Å². The quantitative estimate of drug-likeness (QED) is 0.766. The van der Waals surface area contributed by atoms with Crippen molar-refractivity contribution in [1.29, 1.82) is 0 Å². The number of benzene rings is 1. The molecule has 0 aliphatic carbocycles. The van der Waals surface area contributed by atoms with Gasteiger partial charge in [-0.2, -0.15) is 0 Å². The fourth-order valence-corrected chi connectivity index (χ4v) is 2.86. The molecule has 2 N–H and O–H groups in total. The molecule has 0 atom stereocenters. The number of nitrogens with one attached hydrogen (secondary N) is 2. The van der Waals surface area contributed by atoms with E-state index in [0.29, 0.717) is 12.1 Å². The van der Waals surface area contributed by atoms with E-state index in [0.717, 1.165) is 55.6 Å². The van der Waals surface area contributed by atoms with Gasteiger partial charge in [0.1, 0.15) is 17.5 Å². The zero-order valence-electron chi connectivity index (χ0n) is 15.3. The summed E-state index contributed by atoms with van der Waals surface area (Å²) < 4.78 is 4.72. The summed E-state index contributed by atoms with van der Waals surface area (Å²) in [5.74, 6) is 2.31. The molecule has 1 aliphatic rings. The van der Waals surface area contributed by atoms with Crippen LogP contribution in [0.25, 0.3) is 0 Å². The van der Waals surface area contributed by atoms with Crippen molar-refractivity contribution in [3.63, 3.8) is 0 Å². The number of methoxy groups -OCH3 is 1. The molecule has 2 aromatic rings. The highest BCUT2D eigenvalue weighted by Gasteiger charge is 2.14. The Balaban J connectivity index is 1.69. The molecular weight excluding hydrogens is 330 g/mol.